The van der Waals surface area contributed by atoms with Crippen molar-refractivity contribution in [2.75, 3.05) is 6.61 Å². The average molecular weight is 433 g/mol. The van der Waals surface area contributed by atoms with Crippen LogP contribution in [0.5, 0.6) is 5.75 Å². The number of fused-ring (bicyclic) bond motifs is 1. The van der Waals surface area contributed by atoms with Gasteiger partial charge in [-0.1, -0.05) is 48.9 Å². The summed E-state index contributed by atoms with van der Waals surface area (Å²) >= 11 is 0. The Morgan fingerprint density at radius 1 is 0.969 bits per heavy atom. The molecular weight excluding hydrogens is 395 g/mol. The zero-order valence-electron chi connectivity index (χ0n) is 19.4. The van der Waals surface area contributed by atoms with E-state index in [2.05, 4.69) is 18.7 Å². The van der Waals surface area contributed by atoms with Crippen LogP contribution in [0.2, 0.25) is 0 Å². The predicted molar refractivity (Wildman–Crippen MR) is 132 cm³/mol. The van der Waals surface area contributed by atoms with Crippen molar-refractivity contribution in [1.82, 2.24) is 0 Å². The summed E-state index contributed by atoms with van der Waals surface area (Å²) < 4.78 is 20.9. The standard InChI is InChI=1S/C30H37FO/c1-3-5-7-22-8-9-25-20-27(11-10-24(25)19-22)29-17-14-26(21-30(29)31)23-12-15-28(16-13-23)32-18-6-4-2/h3-4,6,12-17,21-22,24-25,27H,1,5,7-11,18-20H2,2H3/b6-4+. The Bertz CT molecular complexity index is 913. The summed E-state index contributed by atoms with van der Waals surface area (Å²) in [5.41, 5.74) is 2.88. The summed E-state index contributed by atoms with van der Waals surface area (Å²) in [5, 5.41) is 0. The van der Waals surface area contributed by atoms with Gasteiger partial charge in [0.1, 0.15) is 18.2 Å². The topological polar surface area (TPSA) is 9.23 Å². The minimum atomic E-state index is -0.0426. The molecule has 0 aliphatic heterocycles. The van der Waals surface area contributed by atoms with Gasteiger partial charge in [-0.15, -0.1) is 6.58 Å². The summed E-state index contributed by atoms with van der Waals surface area (Å²) in [6, 6.07) is 13.8. The molecule has 2 heteroatoms. The van der Waals surface area contributed by atoms with Crippen molar-refractivity contribution >= 4 is 0 Å². The fourth-order valence-corrected chi connectivity index (χ4v) is 5.91. The zero-order chi connectivity index (χ0) is 22.3. The molecule has 4 unspecified atom stereocenters. The molecule has 0 radical (unpaired) electrons. The maximum Gasteiger partial charge on any atom is 0.127 e. The normalized spacial score (nSPS) is 25.4. The summed E-state index contributed by atoms with van der Waals surface area (Å²) in [4.78, 5) is 0. The van der Waals surface area contributed by atoms with Crippen LogP contribution in [0.15, 0.2) is 67.3 Å². The van der Waals surface area contributed by atoms with Gasteiger partial charge in [-0.2, -0.15) is 0 Å². The molecule has 0 heterocycles. The molecule has 0 spiro atoms. The van der Waals surface area contributed by atoms with Crippen LogP contribution in [0.4, 0.5) is 4.39 Å². The first-order valence-corrected chi connectivity index (χ1v) is 12.4. The Kier molecular flexibility index (Phi) is 7.84. The van der Waals surface area contributed by atoms with Gasteiger partial charge in [0.25, 0.3) is 0 Å². The molecule has 2 aliphatic rings. The van der Waals surface area contributed by atoms with Crippen molar-refractivity contribution in [3.05, 3.63) is 78.7 Å². The third kappa shape index (κ3) is 5.52. The fraction of sp³-hybridized carbons (Fsp3) is 0.467. The van der Waals surface area contributed by atoms with Gasteiger partial charge in [-0.05, 0) is 110 Å². The summed E-state index contributed by atoms with van der Waals surface area (Å²) in [5.74, 6) is 3.67. The van der Waals surface area contributed by atoms with E-state index in [9.17, 15) is 0 Å². The molecule has 170 valence electrons. The third-order valence-corrected chi connectivity index (χ3v) is 7.71. The SMILES string of the molecule is C=CCCC1CCC2CC(c3ccc(-c4ccc(OC/C=C/C)cc4)cc3F)CCC2C1. The number of rotatable bonds is 8. The van der Waals surface area contributed by atoms with Crippen LogP contribution >= 0.6 is 0 Å². The van der Waals surface area contributed by atoms with Crippen LogP contribution in [-0.2, 0) is 0 Å². The molecule has 1 nitrogen and oxygen atoms in total. The molecule has 0 bridgehead atoms. The summed E-state index contributed by atoms with van der Waals surface area (Å²) in [6.07, 6.45) is 16.0. The van der Waals surface area contributed by atoms with Crippen molar-refractivity contribution < 1.29 is 9.13 Å². The van der Waals surface area contributed by atoms with E-state index in [1.54, 1.807) is 6.07 Å². The van der Waals surface area contributed by atoms with Crippen LogP contribution in [0.25, 0.3) is 11.1 Å². The highest BCUT2D eigenvalue weighted by Gasteiger charge is 2.36. The second-order valence-corrected chi connectivity index (χ2v) is 9.72. The highest BCUT2D eigenvalue weighted by Crippen LogP contribution is 2.48. The quantitative estimate of drug-likeness (QED) is 0.379. The molecule has 4 rings (SSSR count). The molecular formula is C30H37FO. The average Bonchev–Trinajstić information content (AvgIpc) is 2.83. The van der Waals surface area contributed by atoms with Crippen molar-refractivity contribution in [2.24, 2.45) is 17.8 Å². The van der Waals surface area contributed by atoms with E-state index in [0.29, 0.717) is 12.5 Å². The minimum Gasteiger partial charge on any atom is -0.490 e. The Hall–Kier alpha value is -2.35. The lowest BCUT2D eigenvalue weighted by atomic mass is 9.63. The first-order chi connectivity index (χ1) is 15.7. The van der Waals surface area contributed by atoms with E-state index >= 15 is 4.39 Å². The highest BCUT2D eigenvalue weighted by molar-refractivity contribution is 5.64. The Balaban J connectivity index is 1.38. The van der Waals surface area contributed by atoms with Gasteiger partial charge in [0.2, 0.25) is 0 Å². The maximum atomic E-state index is 15.2. The number of hydrogen-bond donors (Lipinski definition) is 0. The lowest BCUT2D eigenvalue weighted by molar-refractivity contribution is 0.114. The molecule has 2 aliphatic carbocycles. The van der Waals surface area contributed by atoms with E-state index in [1.807, 2.05) is 49.4 Å². The Morgan fingerprint density at radius 3 is 2.47 bits per heavy atom. The number of benzene rings is 2. The molecule has 32 heavy (non-hydrogen) atoms. The lowest BCUT2D eigenvalue weighted by Gasteiger charge is -2.42. The largest absolute Gasteiger partial charge is 0.490 e. The lowest BCUT2D eigenvalue weighted by Crippen LogP contribution is -2.30. The van der Waals surface area contributed by atoms with E-state index in [-0.39, 0.29) is 5.82 Å². The van der Waals surface area contributed by atoms with Gasteiger partial charge in [0, 0.05) is 0 Å². The molecule has 2 aromatic carbocycles. The molecule has 0 aromatic heterocycles. The van der Waals surface area contributed by atoms with Crippen LogP contribution in [0.1, 0.15) is 69.8 Å². The van der Waals surface area contributed by atoms with Crippen LogP contribution < -0.4 is 4.74 Å². The zero-order valence-corrected chi connectivity index (χ0v) is 19.4. The third-order valence-electron chi connectivity index (χ3n) is 7.71. The van der Waals surface area contributed by atoms with Gasteiger partial charge in [-0.3, -0.25) is 0 Å². The second kappa shape index (κ2) is 11.0. The van der Waals surface area contributed by atoms with Crippen molar-refractivity contribution in [3.8, 4) is 16.9 Å². The van der Waals surface area contributed by atoms with Crippen molar-refractivity contribution in [2.45, 2.75) is 64.2 Å². The van der Waals surface area contributed by atoms with E-state index < -0.39 is 0 Å². The molecule has 2 saturated carbocycles. The predicted octanol–water partition coefficient (Wildman–Crippen LogP) is 8.71. The van der Waals surface area contributed by atoms with Gasteiger partial charge in [0.05, 0.1) is 0 Å². The fourth-order valence-electron chi connectivity index (χ4n) is 5.91. The Morgan fingerprint density at radius 2 is 1.72 bits per heavy atom. The van der Waals surface area contributed by atoms with Crippen LogP contribution in [0, 0.1) is 23.6 Å². The summed E-state index contributed by atoms with van der Waals surface area (Å²) in [7, 11) is 0. The molecule has 0 saturated heterocycles. The molecule has 0 N–H and O–H groups in total. The van der Waals surface area contributed by atoms with Gasteiger partial charge in [0.15, 0.2) is 0 Å². The number of hydrogen-bond acceptors (Lipinski definition) is 1. The van der Waals surface area contributed by atoms with E-state index in [1.165, 1.54) is 32.1 Å². The Labute approximate surface area is 193 Å². The molecule has 0 amide bonds. The smallest absolute Gasteiger partial charge is 0.127 e. The molecule has 2 fully saturated rings. The number of ether oxygens (including phenoxy) is 1. The monoisotopic (exact) mass is 432 g/mol. The van der Waals surface area contributed by atoms with Crippen LogP contribution in [0.3, 0.4) is 0 Å². The van der Waals surface area contributed by atoms with E-state index in [4.69, 9.17) is 4.74 Å². The van der Waals surface area contributed by atoms with Gasteiger partial charge >= 0.3 is 0 Å². The maximum absolute atomic E-state index is 15.2. The second-order valence-electron chi connectivity index (χ2n) is 9.72. The van der Waals surface area contributed by atoms with Crippen molar-refractivity contribution in [1.29, 1.82) is 0 Å². The number of halogens is 1. The minimum absolute atomic E-state index is 0.0426. The first kappa shape index (κ1) is 22.8. The van der Waals surface area contributed by atoms with E-state index in [0.717, 1.165) is 59.5 Å². The summed E-state index contributed by atoms with van der Waals surface area (Å²) in [6.45, 7) is 6.42. The molecule has 2 aromatic rings. The number of allylic oxidation sites excluding steroid dienone is 2. The molecule has 4 atom stereocenters. The van der Waals surface area contributed by atoms with Gasteiger partial charge < -0.3 is 4.74 Å². The first-order valence-electron chi connectivity index (χ1n) is 12.4. The van der Waals surface area contributed by atoms with Crippen LogP contribution in [-0.4, -0.2) is 6.61 Å². The van der Waals surface area contributed by atoms with Gasteiger partial charge in [-0.25, -0.2) is 4.39 Å². The highest BCUT2D eigenvalue weighted by atomic mass is 19.1. The van der Waals surface area contributed by atoms with Crippen molar-refractivity contribution in [3.63, 3.8) is 0 Å².